The molecular weight excluding hydrogens is 374 g/mol. The van der Waals surface area contributed by atoms with Gasteiger partial charge < -0.3 is 9.79 Å². The van der Waals surface area contributed by atoms with E-state index in [4.69, 9.17) is 9.79 Å². The molecule has 0 aromatic rings. The smallest absolute Gasteiger partial charge is 0.324 e. The number of sulfonamides is 1. The molecule has 22 heavy (non-hydrogen) atoms. The fourth-order valence-electron chi connectivity index (χ4n) is 1.29. The average Bonchev–Trinajstić information content (AvgIpc) is 2.22. The molecule has 134 valence electrons. The molecule has 0 saturated heterocycles. The summed E-state index contributed by atoms with van der Waals surface area (Å²) in [6.07, 6.45) is -15.3. The van der Waals surface area contributed by atoms with Gasteiger partial charge in [0.1, 0.15) is 0 Å². The van der Waals surface area contributed by atoms with E-state index in [-0.39, 0.29) is 7.05 Å². The molecule has 0 saturated carbocycles. The minimum atomic E-state index is -6.79. The van der Waals surface area contributed by atoms with Gasteiger partial charge in [-0.25, -0.2) is 17.1 Å². The van der Waals surface area contributed by atoms with E-state index in [0.29, 0.717) is 0 Å². The van der Waals surface area contributed by atoms with Gasteiger partial charge in [0.25, 0.3) is 10.0 Å². The van der Waals surface area contributed by atoms with Crippen LogP contribution in [0.5, 0.6) is 0 Å². The third-order valence-electron chi connectivity index (χ3n) is 2.42. The van der Waals surface area contributed by atoms with Crippen molar-refractivity contribution in [3.63, 3.8) is 0 Å². The highest BCUT2D eigenvalue weighted by atomic mass is 32.2. The molecule has 0 unspecified atom stereocenters. The van der Waals surface area contributed by atoms with Gasteiger partial charge in [0.05, 0.1) is 6.16 Å². The highest BCUT2D eigenvalue weighted by Gasteiger charge is 2.81. The second-order valence-corrected chi connectivity index (χ2v) is 8.07. The fraction of sp³-hybridized carbons (Fsp3) is 1.00. The van der Waals surface area contributed by atoms with E-state index in [1.807, 2.05) is 0 Å². The molecule has 0 aliphatic carbocycles. The Kier molecular flexibility index (Phi) is 6.10. The summed E-state index contributed by atoms with van der Waals surface area (Å²) in [7, 11) is -11.0. The Bertz CT molecular complexity index is 524. The first kappa shape index (κ1) is 21.6. The Balaban J connectivity index is 5.54. The topological polar surface area (TPSA) is 94.9 Å². The van der Waals surface area contributed by atoms with Crippen LogP contribution < -0.4 is 0 Å². The molecule has 0 rings (SSSR count). The van der Waals surface area contributed by atoms with Gasteiger partial charge in [-0.15, -0.1) is 0 Å². The maximum absolute atomic E-state index is 13.5. The molecule has 0 bridgehead atoms. The number of alkyl halides is 7. The summed E-state index contributed by atoms with van der Waals surface area (Å²) in [5.41, 5.74) is 0. The van der Waals surface area contributed by atoms with Crippen LogP contribution in [-0.4, -0.2) is 59.6 Å². The molecular formula is C7H11F7NO5PS. The third kappa shape index (κ3) is 4.31. The molecule has 0 heterocycles. The molecule has 0 aliphatic heterocycles. The summed E-state index contributed by atoms with van der Waals surface area (Å²) in [6.45, 7) is -1.15. The maximum Gasteiger partial charge on any atom is 0.448 e. The van der Waals surface area contributed by atoms with E-state index in [1.165, 1.54) is 0 Å². The minimum absolute atomic E-state index is 0.237. The summed E-state index contributed by atoms with van der Waals surface area (Å²) >= 11 is 0. The van der Waals surface area contributed by atoms with Crippen molar-refractivity contribution in [3.05, 3.63) is 0 Å². The van der Waals surface area contributed by atoms with Crippen molar-refractivity contribution in [2.24, 2.45) is 0 Å². The van der Waals surface area contributed by atoms with E-state index in [1.54, 1.807) is 0 Å². The number of hydrogen-bond donors (Lipinski definition) is 2. The van der Waals surface area contributed by atoms with Crippen LogP contribution in [0.2, 0.25) is 0 Å². The van der Waals surface area contributed by atoms with Gasteiger partial charge in [-0.1, -0.05) is 0 Å². The standard InChI is InChI=1S/C7H11F7NO5PS/c1-15(3-2-4-21(16,17)18)22(19,20)5(8,6(9,10)11)7(12,13)14/h2-4H2,1H3,(H2,16,17,18). The second kappa shape index (κ2) is 6.23. The molecule has 0 spiro atoms. The number of nitrogens with zero attached hydrogens (tertiary/aromatic N) is 1. The average molecular weight is 385 g/mol. The second-order valence-electron chi connectivity index (χ2n) is 4.16. The van der Waals surface area contributed by atoms with Crippen LogP contribution in [0.3, 0.4) is 0 Å². The summed E-state index contributed by atoms with van der Waals surface area (Å²) < 4.78 is 120. The molecule has 6 nitrogen and oxygen atoms in total. The molecule has 2 N–H and O–H groups in total. The molecule has 0 aromatic carbocycles. The quantitative estimate of drug-likeness (QED) is 0.535. The lowest BCUT2D eigenvalue weighted by atomic mass is 10.3. The van der Waals surface area contributed by atoms with E-state index in [2.05, 4.69) is 0 Å². The molecule has 0 aliphatic rings. The Morgan fingerprint density at radius 1 is 1.00 bits per heavy atom. The van der Waals surface area contributed by atoms with Crippen LogP contribution >= 0.6 is 7.60 Å². The molecule has 0 radical (unpaired) electrons. The van der Waals surface area contributed by atoms with Crippen molar-refractivity contribution in [1.29, 1.82) is 0 Å². The van der Waals surface area contributed by atoms with Crippen molar-refractivity contribution < 1.29 is 53.5 Å². The highest BCUT2D eigenvalue weighted by molar-refractivity contribution is 7.90. The van der Waals surface area contributed by atoms with Crippen LogP contribution in [0.1, 0.15) is 6.42 Å². The maximum atomic E-state index is 13.5. The van der Waals surface area contributed by atoms with E-state index in [9.17, 15) is 43.7 Å². The van der Waals surface area contributed by atoms with Gasteiger partial charge in [-0.05, 0) is 6.42 Å². The van der Waals surface area contributed by atoms with Crippen molar-refractivity contribution in [2.45, 2.75) is 23.8 Å². The zero-order valence-electron chi connectivity index (χ0n) is 10.7. The summed E-state index contributed by atoms with van der Waals surface area (Å²) in [6, 6.07) is 0. The monoisotopic (exact) mass is 385 g/mol. The van der Waals surface area contributed by atoms with Gasteiger partial charge in [0.15, 0.2) is 0 Å². The first-order valence-corrected chi connectivity index (χ1v) is 8.44. The van der Waals surface area contributed by atoms with Gasteiger partial charge >= 0.3 is 24.9 Å². The normalized spacial score (nSPS) is 15.4. The fourth-order valence-corrected chi connectivity index (χ4v) is 3.22. The van der Waals surface area contributed by atoms with E-state index in [0.717, 1.165) is 0 Å². The van der Waals surface area contributed by atoms with Crippen LogP contribution in [0.4, 0.5) is 30.7 Å². The van der Waals surface area contributed by atoms with E-state index >= 15 is 0 Å². The third-order valence-corrected chi connectivity index (χ3v) is 5.49. The minimum Gasteiger partial charge on any atom is -0.324 e. The van der Waals surface area contributed by atoms with Crippen molar-refractivity contribution >= 4 is 17.6 Å². The molecule has 0 aromatic heterocycles. The highest BCUT2D eigenvalue weighted by Crippen LogP contribution is 2.50. The van der Waals surface area contributed by atoms with Crippen LogP contribution in [0.25, 0.3) is 0 Å². The summed E-state index contributed by atoms with van der Waals surface area (Å²) in [5, 5.41) is -6.52. The summed E-state index contributed by atoms with van der Waals surface area (Å²) in [4.78, 5) is 16.9. The van der Waals surface area contributed by atoms with Crippen molar-refractivity contribution in [2.75, 3.05) is 19.8 Å². The van der Waals surface area contributed by atoms with Gasteiger partial charge in [0.2, 0.25) is 0 Å². The zero-order chi connectivity index (χ0) is 18.2. The first-order valence-electron chi connectivity index (χ1n) is 5.21. The largest absolute Gasteiger partial charge is 0.448 e. The molecule has 15 heteroatoms. The van der Waals surface area contributed by atoms with Crippen LogP contribution in [0.15, 0.2) is 0 Å². The lowest BCUT2D eigenvalue weighted by molar-refractivity contribution is -0.306. The predicted molar refractivity (Wildman–Crippen MR) is 59.0 cm³/mol. The van der Waals surface area contributed by atoms with Crippen molar-refractivity contribution in [3.8, 4) is 0 Å². The number of halogens is 7. The lowest BCUT2D eigenvalue weighted by Gasteiger charge is -2.32. The molecule has 0 amide bonds. The van der Waals surface area contributed by atoms with E-state index < -0.39 is 58.4 Å². The predicted octanol–water partition coefficient (Wildman–Crippen LogP) is 1.61. The van der Waals surface area contributed by atoms with Gasteiger partial charge in [-0.3, -0.25) is 4.57 Å². The zero-order valence-corrected chi connectivity index (χ0v) is 12.4. The first-order chi connectivity index (χ1) is 9.38. The Hall–Kier alpha value is -0.430. The van der Waals surface area contributed by atoms with Crippen LogP contribution in [-0.2, 0) is 14.6 Å². The number of hydrogen-bond acceptors (Lipinski definition) is 3. The lowest BCUT2D eigenvalue weighted by Crippen LogP contribution is -2.62. The van der Waals surface area contributed by atoms with Crippen molar-refractivity contribution in [1.82, 2.24) is 4.31 Å². The SMILES string of the molecule is CN(CCCP(=O)(O)O)S(=O)(=O)C(F)(C(F)(F)F)C(F)(F)F. The van der Waals surface area contributed by atoms with Gasteiger partial charge in [-0.2, -0.15) is 26.3 Å². The summed E-state index contributed by atoms with van der Waals surface area (Å²) in [5.74, 6) is 0. The van der Waals surface area contributed by atoms with Crippen LogP contribution in [0, 0.1) is 0 Å². The Labute approximate surface area is 120 Å². The number of rotatable bonds is 6. The Morgan fingerprint density at radius 3 is 1.64 bits per heavy atom. The van der Waals surface area contributed by atoms with Gasteiger partial charge in [0, 0.05) is 13.6 Å². The molecule has 0 fully saturated rings. The molecule has 0 atom stereocenters. The Morgan fingerprint density at radius 2 is 1.36 bits per heavy atom.